The van der Waals surface area contributed by atoms with Crippen LogP contribution in [0, 0.1) is 0 Å². The molecule has 1 heterocycles. The van der Waals surface area contributed by atoms with E-state index in [2.05, 4.69) is 9.46 Å². The van der Waals surface area contributed by atoms with Gasteiger partial charge in [-0.15, -0.1) is 0 Å². The molecule has 0 fully saturated rings. The quantitative estimate of drug-likeness (QED) is 0.521. The van der Waals surface area contributed by atoms with E-state index in [1.54, 1.807) is 12.2 Å². The molecule has 2 rings (SSSR count). The molecule has 138 valence electrons. The first-order valence-corrected chi connectivity index (χ1v) is 9.05. The zero-order chi connectivity index (χ0) is 18.4. The molecule has 0 saturated heterocycles. The summed E-state index contributed by atoms with van der Waals surface area (Å²) in [6, 6.07) is 5.16. The number of rotatable bonds is 7. The average molecular weight is 371 g/mol. The van der Waals surface area contributed by atoms with Crippen molar-refractivity contribution in [2.75, 3.05) is 20.8 Å². The third-order valence-corrected chi connectivity index (χ3v) is 5.19. The van der Waals surface area contributed by atoms with Gasteiger partial charge in [-0.05, 0) is 24.3 Å². The van der Waals surface area contributed by atoms with Gasteiger partial charge in [-0.25, -0.2) is 13.1 Å². The van der Waals surface area contributed by atoms with E-state index in [1.807, 2.05) is 0 Å². The van der Waals surface area contributed by atoms with Crippen molar-refractivity contribution in [3.63, 3.8) is 0 Å². The van der Waals surface area contributed by atoms with Gasteiger partial charge in [0.05, 0.1) is 44.3 Å². The molecule has 0 saturated carbocycles. The number of hydrogen-bond acceptors (Lipinski definition) is 7. The zero-order valence-corrected chi connectivity index (χ0v) is 14.7. The topological polar surface area (TPSA) is 111 Å². The smallest absolute Gasteiger partial charge is 0.308 e. The summed E-state index contributed by atoms with van der Waals surface area (Å²) in [5, 5.41) is 9.48. The fourth-order valence-corrected chi connectivity index (χ4v) is 3.58. The molecule has 1 aliphatic rings. The molecule has 1 aliphatic heterocycles. The molecule has 1 aromatic rings. The maximum atomic E-state index is 12.5. The number of aliphatic hydroxyl groups excluding tert-OH is 1. The van der Waals surface area contributed by atoms with E-state index in [0.29, 0.717) is 5.75 Å². The Morgan fingerprint density at radius 3 is 2.48 bits per heavy atom. The van der Waals surface area contributed by atoms with Gasteiger partial charge in [0.2, 0.25) is 10.0 Å². The molecule has 2 N–H and O–H groups in total. The van der Waals surface area contributed by atoms with Crippen LogP contribution in [-0.2, 0) is 24.3 Å². The van der Waals surface area contributed by atoms with Crippen LogP contribution in [0.25, 0.3) is 0 Å². The van der Waals surface area contributed by atoms with Crippen molar-refractivity contribution >= 4 is 16.0 Å². The molecule has 0 radical (unpaired) electrons. The first-order valence-electron chi connectivity index (χ1n) is 7.57. The lowest BCUT2D eigenvalue weighted by molar-refractivity contribution is -0.144. The first kappa shape index (κ1) is 19.4. The highest BCUT2D eigenvalue weighted by molar-refractivity contribution is 7.89. The van der Waals surface area contributed by atoms with E-state index in [4.69, 9.17) is 9.47 Å². The van der Waals surface area contributed by atoms with E-state index in [9.17, 15) is 18.3 Å². The Kier molecular flexibility index (Phi) is 6.54. The SMILES string of the molecule is COC(=O)C[C@H]1C=C[C@@H](NS(=O)(=O)c2ccc(OC)cc2)[C@H](CO)O1. The number of nitrogens with one attached hydrogen (secondary N) is 1. The predicted molar refractivity (Wildman–Crippen MR) is 88.6 cm³/mol. The maximum absolute atomic E-state index is 12.5. The van der Waals surface area contributed by atoms with Gasteiger partial charge in [0, 0.05) is 0 Å². The molecule has 0 unspecified atom stereocenters. The van der Waals surface area contributed by atoms with Gasteiger partial charge in [-0.1, -0.05) is 12.2 Å². The maximum Gasteiger partial charge on any atom is 0.308 e. The van der Waals surface area contributed by atoms with Crippen LogP contribution in [0.5, 0.6) is 5.75 Å². The van der Waals surface area contributed by atoms with Crippen molar-refractivity contribution < 1.29 is 32.5 Å². The molecule has 25 heavy (non-hydrogen) atoms. The monoisotopic (exact) mass is 371 g/mol. The minimum atomic E-state index is -3.81. The fourth-order valence-electron chi connectivity index (χ4n) is 2.36. The molecule has 0 spiro atoms. The number of benzene rings is 1. The average Bonchev–Trinajstić information content (AvgIpc) is 2.62. The lowest BCUT2D eigenvalue weighted by Crippen LogP contribution is -2.48. The van der Waals surface area contributed by atoms with Crippen molar-refractivity contribution in [1.82, 2.24) is 4.72 Å². The van der Waals surface area contributed by atoms with Crippen LogP contribution < -0.4 is 9.46 Å². The van der Waals surface area contributed by atoms with E-state index in [-0.39, 0.29) is 11.3 Å². The Morgan fingerprint density at radius 1 is 1.24 bits per heavy atom. The molecule has 0 aliphatic carbocycles. The molecule has 1 aromatic carbocycles. The molecule has 9 heteroatoms. The summed E-state index contributed by atoms with van der Waals surface area (Å²) in [4.78, 5) is 11.4. The Balaban J connectivity index is 2.11. The number of hydrogen-bond donors (Lipinski definition) is 2. The minimum absolute atomic E-state index is 0.0125. The van der Waals surface area contributed by atoms with Gasteiger partial charge in [0.15, 0.2) is 0 Å². The van der Waals surface area contributed by atoms with Crippen LogP contribution in [0.4, 0.5) is 0 Å². The highest BCUT2D eigenvalue weighted by atomic mass is 32.2. The molecule has 8 nitrogen and oxygen atoms in total. The normalized spacial score (nSPS) is 23.2. The van der Waals surface area contributed by atoms with E-state index in [1.165, 1.54) is 38.5 Å². The number of ether oxygens (including phenoxy) is 3. The third kappa shape index (κ3) is 5.02. The minimum Gasteiger partial charge on any atom is -0.497 e. The van der Waals surface area contributed by atoms with Crippen LogP contribution in [0.15, 0.2) is 41.3 Å². The van der Waals surface area contributed by atoms with Crippen molar-refractivity contribution in [1.29, 1.82) is 0 Å². The first-order chi connectivity index (χ1) is 11.9. The van der Waals surface area contributed by atoms with Crippen LogP contribution in [0.1, 0.15) is 6.42 Å². The lowest BCUT2D eigenvalue weighted by Gasteiger charge is -2.31. The summed E-state index contributed by atoms with van der Waals surface area (Å²) >= 11 is 0. The van der Waals surface area contributed by atoms with Crippen LogP contribution in [0.2, 0.25) is 0 Å². The van der Waals surface area contributed by atoms with E-state index < -0.39 is 40.8 Å². The summed E-state index contributed by atoms with van der Waals surface area (Å²) in [6.07, 6.45) is 1.74. The van der Waals surface area contributed by atoms with Crippen molar-refractivity contribution in [2.45, 2.75) is 29.6 Å². The highest BCUT2D eigenvalue weighted by Crippen LogP contribution is 2.20. The van der Waals surface area contributed by atoms with Gasteiger partial charge < -0.3 is 19.3 Å². The van der Waals surface area contributed by atoms with Crippen LogP contribution >= 0.6 is 0 Å². The summed E-state index contributed by atoms with van der Waals surface area (Å²) in [5.74, 6) is 0.0855. The second-order valence-electron chi connectivity index (χ2n) is 5.38. The molecule has 0 aromatic heterocycles. The van der Waals surface area contributed by atoms with Gasteiger partial charge in [0.1, 0.15) is 11.9 Å². The Hall–Kier alpha value is -1.94. The predicted octanol–water partition coefficient (Wildman–Crippen LogP) is 0.221. The summed E-state index contributed by atoms with van der Waals surface area (Å²) in [5.41, 5.74) is 0. The van der Waals surface area contributed by atoms with Crippen molar-refractivity contribution in [3.8, 4) is 5.75 Å². The lowest BCUT2D eigenvalue weighted by atomic mass is 10.1. The Labute approximate surface area is 146 Å². The largest absolute Gasteiger partial charge is 0.497 e. The van der Waals surface area contributed by atoms with E-state index in [0.717, 1.165) is 0 Å². The number of sulfonamides is 1. The molecule has 0 amide bonds. The van der Waals surface area contributed by atoms with Gasteiger partial charge in [-0.3, -0.25) is 4.79 Å². The summed E-state index contributed by atoms with van der Waals surface area (Å²) in [7, 11) is -1.06. The van der Waals surface area contributed by atoms with Crippen LogP contribution in [-0.4, -0.2) is 58.6 Å². The van der Waals surface area contributed by atoms with Crippen molar-refractivity contribution in [3.05, 3.63) is 36.4 Å². The van der Waals surface area contributed by atoms with Crippen molar-refractivity contribution in [2.24, 2.45) is 0 Å². The Bertz CT molecular complexity index is 715. The number of carbonyl (C=O) groups excluding carboxylic acids is 1. The molecular formula is C16H21NO7S. The summed E-state index contributed by atoms with van der Waals surface area (Å²) in [6.45, 7) is -0.405. The molecule has 3 atom stereocenters. The number of carbonyl (C=O) groups is 1. The zero-order valence-electron chi connectivity index (χ0n) is 13.9. The fraction of sp³-hybridized carbons (Fsp3) is 0.438. The Morgan fingerprint density at radius 2 is 1.92 bits per heavy atom. The molecular weight excluding hydrogens is 350 g/mol. The second-order valence-corrected chi connectivity index (χ2v) is 7.10. The second kappa shape index (κ2) is 8.43. The highest BCUT2D eigenvalue weighted by Gasteiger charge is 2.31. The van der Waals surface area contributed by atoms with Crippen LogP contribution in [0.3, 0.4) is 0 Å². The van der Waals surface area contributed by atoms with Gasteiger partial charge >= 0.3 is 5.97 Å². The summed E-state index contributed by atoms with van der Waals surface area (Å²) < 4.78 is 42.5. The van der Waals surface area contributed by atoms with Gasteiger partial charge in [0.25, 0.3) is 0 Å². The van der Waals surface area contributed by atoms with Gasteiger partial charge in [-0.2, -0.15) is 0 Å². The number of esters is 1. The third-order valence-electron chi connectivity index (χ3n) is 3.72. The van der Waals surface area contributed by atoms with E-state index >= 15 is 0 Å². The standard InChI is InChI=1S/C16H21NO7S/c1-22-11-3-6-13(7-4-11)25(20,21)17-14-8-5-12(9-16(19)23-2)24-15(14)10-18/h3-8,12,14-15,17-18H,9-10H2,1-2H3/t12-,14-,15+/m1/s1. The number of methoxy groups -OCH3 is 2. The molecule has 0 bridgehead atoms. The number of aliphatic hydroxyl groups is 1.